The molecule has 13 heavy (non-hydrogen) atoms. The Morgan fingerprint density at radius 3 is 1.77 bits per heavy atom. The second kappa shape index (κ2) is 3.62. The molecule has 1 aromatic carbocycles. The number of hydrogen-bond acceptors (Lipinski definition) is 4. The molecule has 0 atom stereocenters. The third-order valence-electron chi connectivity index (χ3n) is 1.64. The Kier molecular flexibility index (Phi) is 2.72. The second-order valence-electron chi connectivity index (χ2n) is 2.44. The molecule has 0 aliphatic rings. The van der Waals surface area contributed by atoms with Gasteiger partial charge in [-0.15, -0.1) is 0 Å². The lowest BCUT2D eigenvalue weighted by molar-refractivity contribution is 0.397. The molecule has 0 spiro atoms. The summed E-state index contributed by atoms with van der Waals surface area (Å²) in [6.45, 7) is 0. The summed E-state index contributed by atoms with van der Waals surface area (Å²) < 4.78 is 9.96. The average Bonchev–Trinajstić information content (AvgIpc) is 2.04. The third kappa shape index (κ3) is 1.58. The zero-order chi connectivity index (χ0) is 10.0. The molecule has 0 amide bonds. The Balaban J connectivity index is 3.39. The predicted molar refractivity (Wildman–Crippen MR) is 53.4 cm³/mol. The molecule has 0 fully saturated rings. The molecule has 0 aromatic heterocycles. The van der Waals surface area contributed by atoms with Crippen LogP contribution in [0.4, 0.5) is 11.4 Å². The van der Waals surface area contributed by atoms with Gasteiger partial charge in [-0.05, 0) is 6.07 Å². The van der Waals surface area contributed by atoms with E-state index in [-0.39, 0.29) is 0 Å². The minimum Gasteiger partial charge on any atom is -0.493 e. The van der Waals surface area contributed by atoms with Gasteiger partial charge in [-0.25, -0.2) is 0 Å². The van der Waals surface area contributed by atoms with E-state index in [4.69, 9.17) is 32.5 Å². The van der Waals surface area contributed by atoms with E-state index in [2.05, 4.69) is 0 Å². The molecule has 5 heteroatoms. The highest BCUT2D eigenvalue weighted by Gasteiger charge is 2.14. The van der Waals surface area contributed by atoms with Crippen LogP contribution < -0.4 is 20.9 Å². The fourth-order valence-corrected chi connectivity index (χ4v) is 1.44. The lowest BCUT2D eigenvalue weighted by Crippen LogP contribution is -1.99. The Bertz CT molecular complexity index is 300. The van der Waals surface area contributed by atoms with Gasteiger partial charge in [-0.2, -0.15) is 0 Å². The second-order valence-corrected chi connectivity index (χ2v) is 2.81. The van der Waals surface area contributed by atoms with Gasteiger partial charge in [-0.1, -0.05) is 11.6 Å². The van der Waals surface area contributed by atoms with Gasteiger partial charge in [0, 0.05) is 0 Å². The molecule has 4 nitrogen and oxygen atoms in total. The van der Waals surface area contributed by atoms with Gasteiger partial charge < -0.3 is 20.9 Å². The average molecular weight is 203 g/mol. The van der Waals surface area contributed by atoms with Crippen molar-refractivity contribution in [2.75, 3.05) is 25.7 Å². The van der Waals surface area contributed by atoms with Crippen LogP contribution in [0.3, 0.4) is 0 Å². The van der Waals surface area contributed by atoms with Crippen LogP contribution in [0, 0.1) is 0 Å². The molecule has 4 N–H and O–H groups in total. The monoisotopic (exact) mass is 202 g/mol. The topological polar surface area (TPSA) is 70.5 Å². The van der Waals surface area contributed by atoms with Gasteiger partial charge in [0.2, 0.25) is 0 Å². The highest BCUT2D eigenvalue weighted by Crippen LogP contribution is 2.42. The minimum absolute atomic E-state index is 0.294. The zero-order valence-corrected chi connectivity index (χ0v) is 8.18. The van der Waals surface area contributed by atoms with Crippen molar-refractivity contribution in [2.45, 2.75) is 0 Å². The molecule has 0 saturated heterocycles. The van der Waals surface area contributed by atoms with Crippen molar-refractivity contribution in [3.05, 3.63) is 11.1 Å². The SMILES string of the molecule is COc1c(N)cc(N)c(OC)c1Cl. The van der Waals surface area contributed by atoms with Gasteiger partial charge >= 0.3 is 0 Å². The first-order valence-corrected chi connectivity index (χ1v) is 3.95. The summed E-state index contributed by atoms with van der Waals surface area (Å²) in [7, 11) is 2.96. The number of nitrogens with two attached hydrogens (primary N) is 2. The van der Waals surface area contributed by atoms with Crippen molar-refractivity contribution >= 4 is 23.0 Å². The summed E-state index contributed by atoms with van der Waals surface area (Å²) in [5.41, 5.74) is 12.0. The van der Waals surface area contributed by atoms with Gasteiger partial charge in [0.25, 0.3) is 0 Å². The Morgan fingerprint density at radius 1 is 1.08 bits per heavy atom. The largest absolute Gasteiger partial charge is 0.493 e. The molecule has 0 bridgehead atoms. The minimum atomic E-state index is 0.294. The lowest BCUT2D eigenvalue weighted by atomic mass is 10.2. The quantitative estimate of drug-likeness (QED) is 0.714. The Hall–Kier alpha value is -1.29. The van der Waals surface area contributed by atoms with Crippen molar-refractivity contribution in [1.82, 2.24) is 0 Å². The van der Waals surface area contributed by atoms with E-state index in [1.54, 1.807) is 6.07 Å². The van der Waals surface area contributed by atoms with Gasteiger partial charge in [0.05, 0.1) is 25.6 Å². The van der Waals surface area contributed by atoms with Gasteiger partial charge in [0.1, 0.15) is 5.02 Å². The zero-order valence-electron chi connectivity index (χ0n) is 7.43. The molecule has 0 aliphatic heterocycles. The lowest BCUT2D eigenvalue weighted by Gasteiger charge is -2.12. The molecular formula is C8H11ClN2O2. The number of ether oxygens (including phenoxy) is 2. The molecule has 0 aliphatic carbocycles. The van der Waals surface area contributed by atoms with Crippen LogP contribution in [0.5, 0.6) is 11.5 Å². The van der Waals surface area contributed by atoms with E-state index in [1.165, 1.54) is 14.2 Å². The van der Waals surface area contributed by atoms with E-state index in [0.29, 0.717) is 27.9 Å². The fourth-order valence-electron chi connectivity index (χ4n) is 1.07. The summed E-state index contributed by atoms with van der Waals surface area (Å²) in [6.07, 6.45) is 0. The fraction of sp³-hybridized carbons (Fsp3) is 0.250. The van der Waals surface area contributed by atoms with E-state index < -0.39 is 0 Å². The molecule has 0 heterocycles. The summed E-state index contributed by atoms with van der Waals surface area (Å²) in [6, 6.07) is 1.55. The van der Waals surface area contributed by atoms with Gasteiger partial charge in [-0.3, -0.25) is 0 Å². The third-order valence-corrected chi connectivity index (χ3v) is 1.99. The standard InChI is InChI=1S/C8H11ClN2O2/c1-12-7-4(10)3-5(11)8(13-2)6(7)9/h3H,10-11H2,1-2H3. The Labute approximate surface area is 81.4 Å². The summed E-state index contributed by atoms with van der Waals surface area (Å²) in [5, 5.41) is 0.294. The first-order chi connectivity index (χ1) is 6.11. The van der Waals surface area contributed by atoms with Crippen LogP contribution in [0.2, 0.25) is 5.02 Å². The summed E-state index contributed by atoms with van der Waals surface area (Å²) in [5.74, 6) is 0.764. The maximum atomic E-state index is 5.91. The molecule has 0 radical (unpaired) electrons. The number of methoxy groups -OCH3 is 2. The summed E-state index contributed by atoms with van der Waals surface area (Å²) >= 11 is 5.91. The summed E-state index contributed by atoms with van der Waals surface area (Å²) in [4.78, 5) is 0. The molecule has 0 unspecified atom stereocenters. The highest BCUT2D eigenvalue weighted by atomic mass is 35.5. The van der Waals surface area contributed by atoms with E-state index >= 15 is 0 Å². The molecule has 72 valence electrons. The number of hydrogen-bond donors (Lipinski definition) is 2. The van der Waals surface area contributed by atoms with E-state index in [9.17, 15) is 0 Å². The number of anilines is 2. The van der Waals surface area contributed by atoms with Crippen LogP contribution in [0.15, 0.2) is 6.07 Å². The van der Waals surface area contributed by atoms with Crippen LogP contribution >= 0.6 is 11.6 Å². The highest BCUT2D eigenvalue weighted by molar-refractivity contribution is 6.34. The predicted octanol–water partition coefficient (Wildman–Crippen LogP) is 1.52. The van der Waals surface area contributed by atoms with Crippen molar-refractivity contribution in [3.8, 4) is 11.5 Å². The van der Waals surface area contributed by atoms with Crippen LogP contribution in [-0.2, 0) is 0 Å². The van der Waals surface area contributed by atoms with E-state index in [1.807, 2.05) is 0 Å². The molecular weight excluding hydrogens is 192 g/mol. The van der Waals surface area contributed by atoms with Crippen LogP contribution in [0.1, 0.15) is 0 Å². The van der Waals surface area contributed by atoms with Crippen LogP contribution in [0.25, 0.3) is 0 Å². The normalized spacial score (nSPS) is 9.77. The van der Waals surface area contributed by atoms with Gasteiger partial charge in [0.15, 0.2) is 11.5 Å². The number of halogens is 1. The van der Waals surface area contributed by atoms with Crippen molar-refractivity contribution in [3.63, 3.8) is 0 Å². The maximum absolute atomic E-state index is 5.91. The molecule has 1 aromatic rings. The number of rotatable bonds is 2. The van der Waals surface area contributed by atoms with Crippen molar-refractivity contribution in [1.29, 1.82) is 0 Å². The van der Waals surface area contributed by atoms with Crippen LogP contribution in [-0.4, -0.2) is 14.2 Å². The molecule has 1 rings (SSSR count). The first kappa shape index (κ1) is 9.80. The number of benzene rings is 1. The smallest absolute Gasteiger partial charge is 0.164 e. The van der Waals surface area contributed by atoms with E-state index in [0.717, 1.165) is 0 Å². The molecule has 0 saturated carbocycles. The first-order valence-electron chi connectivity index (χ1n) is 3.57. The maximum Gasteiger partial charge on any atom is 0.164 e. The van der Waals surface area contributed by atoms with Crippen molar-refractivity contribution < 1.29 is 9.47 Å². The Morgan fingerprint density at radius 2 is 1.46 bits per heavy atom. The number of nitrogen functional groups attached to an aromatic ring is 2. The van der Waals surface area contributed by atoms with Crippen molar-refractivity contribution in [2.24, 2.45) is 0 Å².